The first-order chi connectivity index (χ1) is 12.2. The molecule has 0 radical (unpaired) electrons. The normalized spacial score (nSPS) is 16.1. The molecule has 2 N–H and O–H groups in total. The molecular formula is C20H24ClFN2O. The predicted octanol–water partition coefficient (Wildman–Crippen LogP) is 4.30. The maximum Gasteiger partial charge on any atom is 0.129 e. The van der Waals surface area contributed by atoms with Crippen molar-refractivity contribution in [2.24, 2.45) is 5.92 Å². The topological polar surface area (TPSA) is 35.5 Å². The maximum absolute atomic E-state index is 13.9. The maximum atomic E-state index is 13.9. The van der Waals surface area contributed by atoms with Crippen LogP contribution in [0, 0.1) is 11.7 Å². The number of piperidine rings is 1. The van der Waals surface area contributed by atoms with Crippen molar-refractivity contribution in [3.63, 3.8) is 0 Å². The summed E-state index contributed by atoms with van der Waals surface area (Å²) in [5.41, 5.74) is 2.69. The van der Waals surface area contributed by atoms with Crippen molar-refractivity contribution in [1.82, 2.24) is 4.90 Å². The molecule has 1 saturated heterocycles. The average Bonchev–Trinajstić information content (AvgIpc) is 2.63. The van der Waals surface area contributed by atoms with Crippen molar-refractivity contribution in [2.45, 2.75) is 25.9 Å². The zero-order valence-corrected chi connectivity index (χ0v) is 15.0. The number of nitrogens with zero attached hydrogens (tertiary/aromatic N) is 1. The van der Waals surface area contributed by atoms with Crippen LogP contribution >= 0.6 is 11.6 Å². The summed E-state index contributed by atoms with van der Waals surface area (Å²) in [5, 5.41) is 13.0. The molecule has 5 heteroatoms. The lowest BCUT2D eigenvalue weighted by atomic mass is 9.97. The number of hydrogen-bond acceptors (Lipinski definition) is 3. The van der Waals surface area contributed by atoms with E-state index in [0.29, 0.717) is 23.0 Å². The van der Waals surface area contributed by atoms with Crippen LogP contribution in [0.2, 0.25) is 5.02 Å². The van der Waals surface area contributed by atoms with E-state index in [1.54, 1.807) is 12.1 Å². The fourth-order valence-electron chi connectivity index (χ4n) is 3.28. The van der Waals surface area contributed by atoms with E-state index >= 15 is 0 Å². The van der Waals surface area contributed by atoms with E-state index in [1.165, 1.54) is 11.6 Å². The van der Waals surface area contributed by atoms with Gasteiger partial charge in [-0.15, -0.1) is 0 Å². The predicted molar refractivity (Wildman–Crippen MR) is 100 cm³/mol. The van der Waals surface area contributed by atoms with Gasteiger partial charge >= 0.3 is 0 Å². The van der Waals surface area contributed by atoms with Crippen molar-refractivity contribution in [2.75, 3.05) is 25.0 Å². The van der Waals surface area contributed by atoms with Gasteiger partial charge in [-0.1, -0.05) is 35.9 Å². The van der Waals surface area contributed by atoms with Crippen LogP contribution in [-0.4, -0.2) is 29.7 Å². The molecule has 1 heterocycles. The smallest absolute Gasteiger partial charge is 0.129 e. The minimum absolute atomic E-state index is 0.287. The molecule has 0 aromatic heterocycles. The molecule has 1 fully saturated rings. The first kappa shape index (κ1) is 18.2. The van der Waals surface area contributed by atoms with Gasteiger partial charge in [0.15, 0.2) is 0 Å². The van der Waals surface area contributed by atoms with Gasteiger partial charge in [0.2, 0.25) is 0 Å². The summed E-state index contributed by atoms with van der Waals surface area (Å²) >= 11 is 6.11. The zero-order valence-electron chi connectivity index (χ0n) is 14.2. The van der Waals surface area contributed by atoms with Gasteiger partial charge in [-0.25, -0.2) is 4.39 Å². The summed E-state index contributed by atoms with van der Waals surface area (Å²) in [7, 11) is 0. The SMILES string of the molecule is OCC1CCN(Cc2ccccc2NCc2c(F)cccc2Cl)CC1. The van der Waals surface area contributed by atoms with Crippen molar-refractivity contribution >= 4 is 17.3 Å². The Morgan fingerprint density at radius 2 is 1.88 bits per heavy atom. The second-order valence-electron chi connectivity index (χ2n) is 6.61. The van der Waals surface area contributed by atoms with Gasteiger partial charge in [-0.05, 0) is 55.6 Å². The van der Waals surface area contributed by atoms with E-state index < -0.39 is 0 Å². The van der Waals surface area contributed by atoms with Crippen molar-refractivity contribution < 1.29 is 9.50 Å². The number of hydrogen-bond donors (Lipinski definition) is 2. The standard InChI is InChI=1S/C20H24ClFN2O/c21-18-5-3-6-19(22)17(18)12-23-20-7-2-1-4-16(20)13-24-10-8-15(14-25)9-11-24/h1-7,15,23,25H,8-14H2. The number of benzene rings is 2. The minimum atomic E-state index is -0.288. The lowest BCUT2D eigenvalue weighted by Crippen LogP contribution is -2.34. The van der Waals surface area contributed by atoms with E-state index in [1.807, 2.05) is 18.2 Å². The van der Waals surface area contributed by atoms with Gasteiger partial charge in [0.05, 0.1) is 0 Å². The Balaban J connectivity index is 1.65. The molecule has 2 aromatic rings. The lowest BCUT2D eigenvalue weighted by Gasteiger charge is -2.31. The largest absolute Gasteiger partial charge is 0.396 e. The molecule has 0 bridgehead atoms. The Hall–Kier alpha value is -1.62. The molecule has 3 nitrogen and oxygen atoms in total. The van der Waals surface area contributed by atoms with E-state index in [4.69, 9.17) is 11.6 Å². The van der Waals surface area contributed by atoms with Gasteiger partial charge in [0.1, 0.15) is 5.82 Å². The van der Waals surface area contributed by atoms with Gasteiger partial charge in [0.25, 0.3) is 0 Å². The summed E-state index contributed by atoms with van der Waals surface area (Å²) in [6.45, 7) is 3.49. The molecule has 2 aromatic carbocycles. The highest BCUT2D eigenvalue weighted by molar-refractivity contribution is 6.31. The molecule has 3 rings (SSSR count). The first-order valence-electron chi connectivity index (χ1n) is 8.75. The van der Waals surface area contributed by atoms with E-state index in [9.17, 15) is 9.50 Å². The van der Waals surface area contributed by atoms with Crippen LogP contribution in [0.1, 0.15) is 24.0 Å². The fraction of sp³-hybridized carbons (Fsp3) is 0.400. The quantitative estimate of drug-likeness (QED) is 0.804. The number of nitrogens with one attached hydrogen (secondary N) is 1. The third-order valence-electron chi connectivity index (χ3n) is 4.89. The molecule has 1 aliphatic heterocycles. The first-order valence-corrected chi connectivity index (χ1v) is 9.13. The van der Waals surface area contributed by atoms with Crippen LogP contribution in [0.3, 0.4) is 0 Å². The molecule has 134 valence electrons. The Labute approximate surface area is 153 Å². The van der Waals surface area contributed by atoms with Crippen molar-refractivity contribution in [1.29, 1.82) is 0 Å². The molecular weight excluding hydrogens is 339 g/mol. The van der Waals surface area contributed by atoms with Crippen molar-refractivity contribution in [3.8, 4) is 0 Å². The number of rotatable bonds is 6. The second kappa shape index (κ2) is 8.65. The van der Waals surface area contributed by atoms with Crippen LogP contribution in [0.15, 0.2) is 42.5 Å². The third-order valence-corrected chi connectivity index (χ3v) is 5.25. The number of aliphatic hydroxyl groups excluding tert-OH is 1. The molecule has 0 amide bonds. The summed E-state index contributed by atoms with van der Waals surface area (Å²) in [6.07, 6.45) is 2.08. The third kappa shape index (κ3) is 4.72. The van der Waals surface area contributed by atoms with E-state index in [0.717, 1.165) is 38.2 Å². The lowest BCUT2D eigenvalue weighted by molar-refractivity contribution is 0.127. The Kier molecular flexibility index (Phi) is 6.29. The monoisotopic (exact) mass is 362 g/mol. The Morgan fingerprint density at radius 1 is 1.12 bits per heavy atom. The molecule has 0 spiro atoms. The highest BCUT2D eigenvalue weighted by Crippen LogP contribution is 2.24. The number of halogens is 2. The molecule has 0 atom stereocenters. The van der Waals surface area contributed by atoms with Gasteiger partial charge in [0, 0.05) is 36.0 Å². The van der Waals surface area contributed by atoms with Crippen LogP contribution < -0.4 is 5.32 Å². The minimum Gasteiger partial charge on any atom is -0.396 e. The van der Waals surface area contributed by atoms with E-state index in [2.05, 4.69) is 16.3 Å². The molecule has 0 saturated carbocycles. The summed E-state index contributed by atoms with van der Waals surface area (Å²) in [5.74, 6) is 0.149. The number of likely N-dealkylation sites (tertiary alicyclic amines) is 1. The highest BCUT2D eigenvalue weighted by atomic mass is 35.5. The molecule has 0 aliphatic carbocycles. The van der Waals surface area contributed by atoms with Crippen molar-refractivity contribution in [3.05, 3.63) is 64.4 Å². The molecule has 25 heavy (non-hydrogen) atoms. The molecule has 1 aliphatic rings. The summed E-state index contributed by atoms with van der Waals surface area (Å²) in [6, 6.07) is 12.9. The van der Waals surface area contributed by atoms with E-state index in [-0.39, 0.29) is 12.4 Å². The van der Waals surface area contributed by atoms with Gasteiger partial charge in [-0.3, -0.25) is 4.90 Å². The van der Waals surface area contributed by atoms with Crippen LogP contribution in [0.25, 0.3) is 0 Å². The molecule has 0 unspecified atom stereocenters. The van der Waals surface area contributed by atoms with Gasteiger partial charge in [-0.2, -0.15) is 0 Å². The number of anilines is 1. The van der Waals surface area contributed by atoms with Crippen LogP contribution in [0.4, 0.5) is 10.1 Å². The van der Waals surface area contributed by atoms with Crippen LogP contribution in [0.5, 0.6) is 0 Å². The number of aliphatic hydroxyl groups is 1. The Bertz CT molecular complexity index is 682. The Morgan fingerprint density at radius 3 is 2.60 bits per heavy atom. The summed E-state index contributed by atoms with van der Waals surface area (Å²) < 4.78 is 13.9. The fourth-order valence-corrected chi connectivity index (χ4v) is 3.51. The average molecular weight is 363 g/mol. The van der Waals surface area contributed by atoms with Gasteiger partial charge < -0.3 is 10.4 Å². The highest BCUT2D eigenvalue weighted by Gasteiger charge is 2.19. The van der Waals surface area contributed by atoms with Crippen LogP contribution in [-0.2, 0) is 13.1 Å². The number of para-hydroxylation sites is 1. The second-order valence-corrected chi connectivity index (χ2v) is 7.02. The summed E-state index contributed by atoms with van der Waals surface area (Å²) in [4.78, 5) is 2.41. The zero-order chi connectivity index (χ0) is 17.6.